The first-order valence-corrected chi connectivity index (χ1v) is 7.10. The molecule has 2 unspecified atom stereocenters. The van der Waals surface area contributed by atoms with Gasteiger partial charge in [-0.05, 0) is 43.8 Å². The van der Waals surface area contributed by atoms with E-state index in [4.69, 9.17) is 0 Å². The van der Waals surface area contributed by atoms with Gasteiger partial charge >= 0.3 is 0 Å². The largest absolute Gasteiger partial charge is 0.315 e. The van der Waals surface area contributed by atoms with Crippen molar-refractivity contribution in [2.45, 2.75) is 53.5 Å². The molecule has 0 aromatic rings. The molecular formula is C14H30N2. The zero-order valence-corrected chi connectivity index (χ0v) is 11.8. The van der Waals surface area contributed by atoms with Crippen molar-refractivity contribution in [2.24, 2.45) is 11.3 Å². The van der Waals surface area contributed by atoms with Crippen LogP contribution in [0.1, 0.15) is 47.5 Å². The summed E-state index contributed by atoms with van der Waals surface area (Å²) < 4.78 is 0. The van der Waals surface area contributed by atoms with Crippen molar-refractivity contribution in [2.75, 3.05) is 26.2 Å². The highest BCUT2D eigenvalue weighted by Crippen LogP contribution is 2.41. The Labute approximate surface area is 102 Å². The Morgan fingerprint density at radius 3 is 2.62 bits per heavy atom. The molecule has 0 radical (unpaired) electrons. The standard InChI is InChI=1S/C12H24N2.C2H6/c1-4-14-8-5-10-11(14)9-13-7-6-12(10,2)3;1-2/h10-11,13H,4-9H2,1-3H3;1-2H3. The molecule has 96 valence electrons. The van der Waals surface area contributed by atoms with Crippen LogP contribution >= 0.6 is 0 Å². The fraction of sp³-hybridized carbons (Fsp3) is 1.00. The van der Waals surface area contributed by atoms with E-state index in [2.05, 4.69) is 31.0 Å². The minimum Gasteiger partial charge on any atom is -0.315 e. The van der Waals surface area contributed by atoms with Gasteiger partial charge in [0.05, 0.1) is 0 Å². The van der Waals surface area contributed by atoms with Crippen LogP contribution in [0.3, 0.4) is 0 Å². The van der Waals surface area contributed by atoms with Gasteiger partial charge in [0, 0.05) is 12.6 Å². The van der Waals surface area contributed by atoms with E-state index in [-0.39, 0.29) is 0 Å². The van der Waals surface area contributed by atoms with Gasteiger partial charge in [0.15, 0.2) is 0 Å². The van der Waals surface area contributed by atoms with Gasteiger partial charge < -0.3 is 5.32 Å². The fourth-order valence-corrected chi connectivity index (χ4v) is 3.34. The first-order valence-electron chi connectivity index (χ1n) is 7.10. The first-order chi connectivity index (χ1) is 7.65. The number of hydrogen-bond acceptors (Lipinski definition) is 2. The molecule has 0 aromatic carbocycles. The van der Waals surface area contributed by atoms with E-state index in [1.54, 1.807) is 0 Å². The fourth-order valence-electron chi connectivity index (χ4n) is 3.34. The molecule has 0 amide bonds. The number of fused-ring (bicyclic) bond motifs is 1. The SMILES string of the molecule is CC.CCN1CCC2C1CNCCC2(C)C. The van der Waals surface area contributed by atoms with Crippen molar-refractivity contribution in [3.63, 3.8) is 0 Å². The summed E-state index contributed by atoms with van der Waals surface area (Å²) >= 11 is 0. The Balaban J connectivity index is 0.000000606. The number of likely N-dealkylation sites (tertiary alicyclic amines) is 1. The molecule has 0 aromatic heterocycles. The van der Waals surface area contributed by atoms with E-state index in [9.17, 15) is 0 Å². The Morgan fingerprint density at radius 2 is 2.00 bits per heavy atom. The van der Waals surface area contributed by atoms with Gasteiger partial charge in [-0.3, -0.25) is 4.90 Å². The molecule has 0 spiro atoms. The molecule has 2 nitrogen and oxygen atoms in total. The van der Waals surface area contributed by atoms with Gasteiger partial charge in [-0.2, -0.15) is 0 Å². The van der Waals surface area contributed by atoms with Gasteiger partial charge in [-0.15, -0.1) is 0 Å². The summed E-state index contributed by atoms with van der Waals surface area (Å²) in [4.78, 5) is 2.66. The molecule has 2 heteroatoms. The number of hydrogen-bond donors (Lipinski definition) is 1. The summed E-state index contributed by atoms with van der Waals surface area (Å²) in [6.45, 7) is 16.2. The molecule has 2 heterocycles. The van der Waals surface area contributed by atoms with Crippen LogP contribution in [0.25, 0.3) is 0 Å². The van der Waals surface area contributed by atoms with Crippen LogP contribution in [0.2, 0.25) is 0 Å². The number of nitrogens with zero attached hydrogens (tertiary/aromatic N) is 1. The van der Waals surface area contributed by atoms with Gasteiger partial charge in [0.25, 0.3) is 0 Å². The van der Waals surface area contributed by atoms with Crippen LogP contribution in [-0.4, -0.2) is 37.1 Å². The molecule has 16 heavy (non-hydrogen) atoms. The lowest BCUT2D eigenvalue weighted by Crippen LogP contribution is -2.41. The molecule has 2 fully saturated rings. The third-order valence-electron chi connectivity index (χ3n) is 4.37. The average Bonchev–Trinajstić information content (AvgIpc) is 2.64. The Kier molecular flexibility index (Phi) is 5.26. The second kappa shape index (κ2) is 6.02. The highest BCUT2D eigenvalue weighted by atomic mass is 15.2. The van der Waals surface area contributed by atoms with Gasteiger partial charge in [0.2, 0.25) is 0 Å². The van der Waals surface area contributed by atoms with Crippen molar-refractivity contribution in [1.82, 2.24) is 10.2 Å². The van der Waals surface area contributed by atoms with Crippen LogP contribution in [0.4, 0.5) is 0 Å². The van der Waals surface area contributed by atoms with Crippen LogP contribution in [-0.2, 0) is 0 Å². The minimum absolute atomic E-state index is 0.540. The first kappa shape index (κ1) is 14.0. The van der Waals surface area contributed by atoms with Gasteiger partial charge in [-0.1, -0.05) is 34.6 Å². The van der Waals surface area contributed by atoms with Crippen molar-refractivity contribution >= 4 is 0 Å². The van der Waals surface area contributed by atoms with Crippen molar-refractivity contribution in [3.05, 3.63) is 0 Å². The number of likely N-dealkylation sites (N-methyl/N-ethyl adjacent to an activating group) is 1. The number of rotatable bonds is 1. The van der Waals surface area contributed by atoms with Gasteiger partial charge in [0.1, 0.15) is 0 Å². The maximum atomic E-state index is 3.60. The monoisotopic (exact) mass is 226 g/mol. The molecule has 2 rings (SSSR count). The zero-order valence-electron chi connectivity index (χ0n) is 11.8. The van der Waals surface area contributed by atoms with Crippen LogP contribution < -0.4 is 5.32 Å². The van der Waals surface area contributed by atoms with Crippen molar-refractivity contribution in [3.8, 4) is 0 Å². The Hall–Kier alpha value is -0.0800. The second-order valence-corrected chi connectivity index (χ2v) is 5.53. The lowest BCUT2D eigenvalue weighted by molar-refractivity contribution is 0.154. The van der Waals surface area contributed by atoms with Gasteiger partial charge in [-0.25, -0.2) is 0 Å². The van der Waals surface area contributed by atoms with E-state index in [1.165, 1.54) is 39.0 Å². The summed E-state index contributed by atoms with van der Waals surface area (Å²) in [5.74, 6) is 0.914. The zero-order chi connectivity index (χ0) is 12.2. The third-order valence-corrected chi connectivity index (χ3v) is 4.37. The third kappa shape index (κ3) is 2.78. The maximum Gasteiger partial charge on any atom is 0.0254 e. The minimum atomic E-state index is 0.540. The van der Waals surface area contributed by atoms with E-state index in [0.717, 1.165) is 12.0 Å². The second-order valence-electron chi connectivity index (χ2n) is 5.53. The van der Waals surface area contributed by atoms with Crippen molar-refractivity contribution in [1.29, 1.82) is 0 Å². The molecule has 1 N–H and O–H groups in total. The van der Waals surface area contributed by atoms with Crippen molar-refractivity contribution < 1.29 is 0 Å². The highest BCUT2D eigenvalue weighted by Gasteiger charge is 2.43. The molecule has 0 aliphatic carbocycles. The molecule has 2 aliphatic heterocycles. The Bertz CT molecular complexity index is 201. The molecule has 2 atom stereocenters. The smallest absolute Gasteiger partial charge is 0.0254 e. The Morgan fingerprint density at radius 1 is 1.31 bits per heavy atom. The normalized spacial score (nSPS) is 33.6. The molecule has 0 saturated carbocycles. The summed E-state index contributed by atoms with van der Waals surface area (Å²) in [5, 5.41) is 3.60. The predicted molar refractivity (Wildman–Crippen MR) is 71.8 cm³/mol. The average molecular weight is 226 g/mol. The quantitative estimate of drug-likeness (QED) is 0.739. The summed E-state index contributed by atoms with van der Waals surface area (Å²) in [7, 11) is 0. The predicted octanol–water partition coefficient (Wildman–Crippen LogP) is 2.74. The van der Waals surface area contributed by atoms with Crippen LogP contribution in [0.5, 0.6) is 0 Å². The number of nitrogens with one attached hydrogen (secondary N) is 1. The molecule has 2 saturated heterocycles. The summed E-state index contributed by atoms with van der Waals surface area (Å²) in [5.41, 5.74) is 0.540. The summed E-state index contributed by atoms with van der Waals surface area (Å²) in [6, 6.07) is 0.803. The van der Waals surface area contributed by atoms with E-state index in [0.29, 0.717) is 5.41 Å². The van der Waals surface area contributed by atoms with E-state index in [1.807, 2.05) is 13.8 Å². The maximum absolute atomic E-state index is 3.60. The lowest BCUT2D eigenvalue weighted by Gasteiger charge is -2.34. The van der Waals surface area contributed by atoms with E-state index >= 15 is 0 Å². The van der Waals surface area contributed by atoms with E-state index < -0.39 is 0 Å². The van der Waals surface area contributed by atoms with Crippen LogP contribution in [0, 0.1) is 11.3 Å². The summed E-state index contributed by atoms with van der Waals surface area (Å²) in [6.07, 6.45) is 2.75. The molecule has 0 bridgehead atoms. The topological polar surface area (TPSA) is 15.3 Å². The highest BCUT2D eigenvalue weighted by molar-refractivity contribution is 4.97. The molecular weight excluding hydrogens is 196 g/mol. The van der Waals surface area contributed by atoms with Crippen LogP contribution in [0.15, 0.2) is 0 Å². The lowest BCUT2D eigenvalue weighted by atomic mass is 9.73. The molecule has 2 aliphatic rings.